The maximum atomic E-state index is 14.1. The third-order valence-corrected chi connectivity index (χ3v) is 4.58. The van der Waals surface area contributed by atoms with Crippen molar-refractivity contribution >= 4 is 17.5 Å². The van der Waals surface area contributed by atoms with Crippen molar-refractivity contribution in [2.45, 2.75) is 25.6 Å². The number of nitriles is 1. The summed E-state index contributed by atoms with van der Waals surface area (Å²) < 4.78 is 39.5. The quantitative estimate of drug-likeness (QED) is 0.519. The average Bonchev–Trinajstić information content (AvgIpc) is 3.37. The molecule has 0 saturated heterocycles. The number of rotatable bonds is 3. The van der Waals surface area contributed by atoms with Crippen LogP contribution >= 0.6 is 0 Å². The summed E-state index contributed by atoms with van der Waals surface area (Å²) in [6.45, 7) is -0.748. The van der Waals surface area contributed by atoms with E-state index in [-0.39, 0.29) is 28.5 Å². The summed E-state index contributed by atoms with van der Waals surface area (Å²) in [5.74, 6) is -1.50. The Bertz CT molecular complexity index is 1240. The Hall–Kier alpha value is -4.34. The van der Waals surface area contributed by atoms with Gasteiger partial charge in [0.15, 0.2) is 11.4 Å². The van der Waals surface area contributed by atoms with Crippen LogP contribution in [0.1, 0.15) is 40.9 Å². The number of carboxylic acids is 1. The highest BCUT2D eigenvalue weighted by Crippen LogP contribution is 2.34. The molecule has 3 aromatic rings. The van der Waals surface area contributed by atoms with Gasteiger partial charge in [0.2, 0.25) is 0 Å². The third kappa shape index (κ3) is 4.38. The van der Waals surface area contributed by atoms with Gasteiger partial charge in [-0.05, 0) is 31.2 Å². The van der Waals surface area contributed by atoms with Crippen LogP contribution in [0.5, 0.6) is 0 Å². The summed E-state index contributed by atoms with van der Waals surface area (Å²) in [6, 6.07) is 8.87. The molecular weight excluding hydrogens is 429 g/mol. The van der Waals surface area contributed by atoms with E-state index in [0.29, 0.717) is 16.9 Å². The fourth-order valence-corrected chi connectivity index (χ4v) is 3.11. The molecule has 0 aliphatic carbocycles. The number of fused-ring (bicyclic) bond motifs is 1. The lowest BCUT2D eigenvalue weighted by Gasteiger charge is -2.31. The number of halogens is 3. The number of carboxylic acid groups (broad SMARTS) is 1. The van der Waals surface area contributed by atoms with Crippen molar-refractivity contribution in [1.82, 2.24) is 19.6 Å². The molecule has 0 spiro atoms. The largest absolute Gasteiger partial charge is 0.476 e. The van der Waals surface area contributed by atoms with Gasteiger partial charge >= 0.3 is 12.5 Å². The standard InChI is InChI=1S/C14H13FN6.C5H4F2N2O2/c1-14(10-4-8(17)2-3-11(10)15)7-21-12(13(18)19-14)5-9(6-16)20-21;6-5(7)9-2-1-3(8-9)4(10)11/h2-5H,7,17H2,1H3,(H2,18,19);1-2,5H,(H,10,11). The summed E-state index contributed by atoms with van der Waals surface area (Å²) in [6.07, 6.45) is 0.911. The van der Waals surface area contributed by atoms with Crippen molar-refractivity contribution in [1.29, 1.82) is 5.26 Å². The Balaban J connectivity index is 0.000000222. The minimum absolute atomic E-state index is 0.222. The number of anilines is 1. The number of hydrogen-bond acceptors (Lipinski definition) is 7. The van der Waals surface area contributed by atoms with Crippen LogP contribution in [0, 0.1) is 17.1 Å². The van der Waals surface area contributed by atoms with E-state index in [1.165, 1.54) is 12.1 Å². The van der Waals surface area contributed by atoms with E-state index in [1.807, 2.05) is 6.07 Å². The van der Waals surface area contributed by atoms with Crippen LogP contribution in [-0.2, 0) is 12.1 Å². The third-order valence-electron chi connectivity index (χ3n) is 4.58. The first kappa shape index (κ1) is 22.3. The first-order valence-corrected chi connectivity index (χ1v) is 9.00. The topological polar surface area (TPSA) is 161 Å². The molecule has 1 aliphatic heterocycles. The molecule has 0 bridgehead atoms. The van der Waals surface area contributed by atoms with E-state index in [9.17, 15) is 18.0 Å². The molecule has 1 atom stereocenters. The number of nitrogens with two attached hydrogens (primary N) is 2. The normalized spacial score (nSPS) is 17.1. The molecule has 1 unspecified atom stereocenters. The molecule has 10 nitrogen and oxygen atoms in total. The Morgan fingerprint density at radius 1 is 1.28 bits per heavy atom. The number of aliphatic imine (C=N–C) groups is 1. The fourth-order valence-electron chi connectivity index (χ4n) is 3.11. The molecule has 2 aromatic heterocycles. The van der Waals surface area contributed by atoms with Crippen LogP contribution in [0.15, 0.2) is 41.5 Å². The molecule has 32 heavy (non-hydrogen) atoms. The number of amidine groups is 1. The van der Waals surface area contributed by atoms with Gasteiger partial charge < -0.3 is 16.6 Å². The van der Waals surface area contributed by atoms with E-state index in [2.05, 4.69) is 15.2 Å². The van der Waals surface area contributed by atoms with Gasteiger partial charge in [0.25, 0.3) is 0 Å². The monoisotopic (exact) mass is 446 g/mol. The highest BCUT2D eigenvalue weighted by Gasteiger charge is 2.35. The molecule has 13 heteroatoms. The van der Waals surface area contributed by atoms with E-state index >= 15 is 0 Å². The van der Waals surface area contributed by atoms with Crippen molar-refractivity contribution in [2.75, 3.05) is 5.73 Å². The predicted molar refractivity (Wildman–Crippen MR) is 106 cm³/mol. The van der Waals surface area contributed by atoms with Gasteiger partial charge in [-0.25, -0.2) is 13.9 Å². The Kier molecular flexibility index (Phi) is 5.88. The summed E-state index contributed by atoms with van der Waals surface area (Å²) in [7, 11) is 0. The van der Waals surface area contributed by atoms with E-state index in [4.69, 9.17) is 21.8 Å². The number of carbonyl (C=O) groups is 1. The number of alkyl halides is 2. The number of benzene rings is 1. The van der Waals surface area contributed by atoms with Crippen molar-refractivity contribution in [3.8, 4) is 6.07 Å². The maximum absolute atomic E-state index is 14.1. The average molecular weight is 446 g/mol. The SMILES string of the molecule is CC1(c2cc(N)ccc2F)Cn2nc(C#N)cc2C(N)=N1.O=C(O)c1ccn(C(F)F)n1. The predicted octanol–water partition coefficient (Wildman–Crippen LogP) is 2.09. The molecule has 5 N–H and O–H groups in total. The molecular formula is C19H17F3N8O2. The fraction of sp³-hybridized carbons (Fsp3) is 0.211. The molecule has 4 rings (SSSR count). The van der Waals surface area contributed by atoms with Crippen molar-refractivity contribution in [3.63, 3.8) is 0 Å². The minimum atomic E-state index is -2.79. The molecule has 1 aliphatic rings. The van der Waals surface area contributed by atoms with E-state index in [0.717, 1.165) is 12.3 Å². The molecule has 166 valence electrons. The van der Waals surface area contributed by atoms with Gasteiger partial charge in [-0.1, -0.05) is 0 Å². The minimum Gasteiger partial charge on any atom is -0.476 e. The smallest absolute Gasteiger partial charge is 0.356 e. The molecule has 0 saturated carbocycles. The first-order chi connectivity index (χ1) is 15.0. The highest BCUT2D eigenvalue weighted by atomic mass is 19.3. The molecule has 0 amide bonds. The summed E-state index contributed by atoms with van der Waals surface area (Å²) in [5.41, 5.74) is 12.0. The number of aromatic nitrogens is 4. The zero-order valence-corrected chi connectivity index (χ0v) is 16.6. The highest BCUT2D eigenvalue weighted by molar-refractivity contribution is 5.97. The van der Waals surface area contributed by atoms with Gasteiger partial charge in [0.05, 0.1) is 6.54 Å². The van der Waals surface area contributed by atoms with Crippen LogP contribution in [0.2, 0.25) is 0 Å². The maximum Gasteiger partial charge on any atom is 0.356 e. The second-order valence-corrected chi connectivity index (χ2v) is 6.96. The van der Waals surface area contributed by atoms with E-state index in [1.54, 1.807) is 23.7 Å². The summed E-state index contributed by atoms with van der Waals surface area (Å²) in [5, 5.41) is 24.4. The van der Waals surface area contributed by atoms with Gasteiger partial charge in [-0.3, -0.25) is 9.67 Å². The number of nitrogens with zero attached hydrogens (tertiary/aromatic N) is 6. The van der Waals surface area contributed by atoms with Crippen molar-refractivity contribution < 1.29 is 23.1 Å². The van der Waals surface area contributed by atoms with Crippen LogP contribution in [0.4, 0.5) is 18.9 Å². The van der Waals surface area contributed by atoms with Crippen LogP contribution in [0.3, 0.4) is 0 Å². The summed E-state index contributed by atoms with van der Waals surface area (Å²) in [4.78, 5) is 14.5. The zero-order valence-electron chi connectivity index (χ0n) is 16.6. The van der Waals surface area contributed by atoms with Crippen molar-refractivity contribution in [3.05, 3.63) is 65.0 Å². The lowest BCUT2D eigenvalue weighted by atomic mass is 9.90. The molecule has 0 radical (unpaired) electrons. The lowest BCUT2D eigenvalue weighted by molar-refractivity contribution is 0.0545. The second-order valence-electron chi connectivity index (χ2n) is 6.96. The van der Waals surface area contributed by atoms with Crippen molar-refractivity contribution in [2.24, 2.45) is 10.7 Å². The summed E-state index contributed by atoms with van der Waals surface area (Å²) >= 11 is 0. The second kappa shape index (κ2) is 8.42. The van der Waals surface area contributed by atoms with Gasteiger partial charge in [-0.2, -0.15) is 24.2 Å². The van der Waals surface area contributed by atoms with Crippen LogP contribution in [0.25, 0.3) is 0 Å². The Morgan fingerprint density at radius 2 is 2.00 bits per heavy atom. The molecule has 0 fully saturated rings. The van der Waals surface area contributed by atoms with Gasteiger partial charge in [0.1, 0.15) is 29.0 Å². The Labute approximate surface area is 179 Å². The first-order valence-electron chi connectivity index (χ1n) is 9.00. The number of nitrogen functional groups attached to an aromatic ring is 1. The lowest BCUT2D eigenvalue weighted by Crippen LogP contribution is -2.37. The van der Waals surface area contributed by atoms with Gasteiger partial charge in [-0.15, -0.1) is 0 Å². The number of hydrogen-bond donors (Lipinski definition) is 3. The number of aromatic carboxylic acids is 1. The molecule has 3 heterocycles. The molecule has 1 aromatic carbocycles. The Morgan fingerprint density at radius 3 is 2.56 bits per heavy atom. The van der Waals surface area contributed by atoms with Crippen LogP contribution < -0.4 is 11.5 Å². The van der Waals surface area contributed by atoms with E-state index < -0.39 is 23.9 Å². The van der Waals surface area contributed by atoms with Gasteiger partial charge in [0, 0.05) is 23.5 Å². The van der Waals surface area contributed by atoms with Crippen LogP contribution in [-0.4, -0.2) is 36.5 Å². The zero-order chi connectivity index (χ0) is 23.6.